The summed E-state index contributed by atoms with van der Waals surface area (Å²) in [6, 6.07) is 0.982. The highest BCUT2D eigenvalue weighted by Crippen LogP contribution is 2.29. The van der Waals surface area contributed by atoms with E-state index in [9.17, 15) is 18.7 Å². The van der Waals surface area contributed by atoms with Crippen LogP contribution in [-0.2, 0) is 20.9 Å². The molecule has 1 rings (SSSR count). The third kappa shape index (κ3) is 3.40. The average molecular weight is 295 g/mol. The van der Waals surface area contributed by atoms with Gasteiger partial charge in [0.05, 0.1) is 13.2 Å². The monoisotopic (exact) mass is 294 g/mol. The van der Waals surface area contributed by atoms with Crippen LogP contribution in [0.4, 0.5) is 8.78 Å². The van der Waals surface area contributed by atoms with Crippen molar-refractivity contribution in [3.05, 3.63) is 33.9 Å². The largest absolute Gasteiger partial charge is 0.464 e. The van der Waals surface area contributed by atoms with Gasteiger partial charge in [0.25, 0.3) is 0 Å². The predicted molar refractivity (Wildman–Crippen MR) is 63.7 cm³/mol. The molecule has 0 fully saturated rings. The Bertz CT molecular complexity index is 479. The zero-order valence-corrected chi connectivity index (χ0v) is 11.1. The number of rotatable bonds is 5. The third-order valence-corrected chi connectivity index (χ3v) is 2.71. The Balaban J connectivity index is 3.20. The fraction of sp³-hybridized carbons (Fsp3) is 0.417. The molecule has 19 heavy (non-hydrogen) atoms. The van der Waals surface area contributed by atoms with Crippen molar-refractivity contribution in [2.24, 2.45) is 0 Å². The highest BCUT2D eigenvalue weighted by atomic mass is 35.5. The van der Waals surface area contributed by atoms with Gasteiger partial charge in [-0.3, -0.25) is 0 Å². The van der Waals surface area contributed by atoms with Crippen molar-refractivity contribution in [3.63, 3.8) is 0 Å². The van der Waals surface area contributed by atoms with Gasteiger partial charge in [-0.05, 0) is 13.0 Å². The van der Waals surface area contributed by atoms with Crippen molar-refractivity contribution in [2.75, 3.05) is 13.7 Å². The molecule has 4 nitrogen and oxygen atoms in total. The van der Waals surface area contributed by atoms with Crippen LogP contribution in [0.25, 0.3) is 0 Å². The molecule has 0 heterocycles. The minimum absolute atomic E-state index is 0.00941. The van der Waals surface area contributed by atoms with Crippen LogP contribution in [0.2, 0.25) is 5.02 Å². The summed E-state index contributed by atoms with van der Waals surface area (Å²) in [7, 11) is 1.30. The highest BCUT2D eigenvalue weighted by Gasteiger charge is 2.27. The Kier molecular flexibility index (Phi) is 5.65. The van der Waals surface area contributed by atoms with Crippen LogP contribution < -0.4 is 0 Å². The first-order valence-corrected chi connectivity index (χ1v) is 5.81. The summed E-state index contributed by atoms with van der Waals surface area (Å²) in [6.07, 6.45) is -1.93. The summed E-state index contributed by atoms with van der Waals surface area (Å²) in [6.45, 7) is 1.31. The summed E-state index contributed by atoms with van der Waals surface area (Å²) in [4.78, 5) is 11.3. The van der Waals surface area contributed by atoms with Gasteiger partial charge in [-0.25, -0.2) is 13.6 Å². The molecule has 0 aliphatic heterocycles. The molecule has 1 unspecified atom stereocenters. The summed E-state index contributed by atoms with van der Waals surface area (Å²) >= 11 is 5.76. The molecule has 0 radical (unpaired) electrons. The number of halogens is 3. The maximum absolute atomic E-state index is 13.8. The van der Waals surface area contributed by atoms with Gasteiger partial charge in [0.2, 0.25) is 0 Å². The quantitative estimate of drug-likeness (QED) is 0.669. The molecule has 0 bridgehead atoms. The number of hydrogen-bond acceptors (Lipinski definition) is 4. The van der Waals surface area contributed by atoms with Crippen LogP contribution in [0.1, 0.15) is 24.2 Å². The molecule has 0 aliphatic carbocycles. The number of benzene rings is 1. The van der Waals surface area contributed by atoms with Gasteiger partial charge < -0.3 is 14.6 Å². The van der Waals surface area contributed by atoms with Crippen molar-refractivity contribution in [3.8, 4) is 0 Å². The Morgan fingerprint density at radius 3 is 2.63 bits per heavy atom. The zero-order chi connectivity index (χ0) is 14.6. The lowest BCUT2D eigenvalue weighted by molar-refractivity contribution is -0.153. The molecule has 7 heteroatoms. The molecule has 1 N–H and O–H groups in total. The normalized spacial score (nSPS) is 12.3. The first-order chi connectivity index (χ1) is 8.93. The molecule has 0 amide bonds. The van der Waals surface area contributed by atoms with E-state index in [0.29, 0.717) is 0 Å². The van der Waals surface area contributed by atoms with Gasteiger partial charge in [0, 0.05) is 23.3 Å². The highest BCUT2D eigenvalue weighted by molar-refractivity contribution is 6.31. The van der Waals surface area contributed by atoms with Gasteiger partial charge in [0.15, 0.2) is 17.7 Å². The van der Waals surface area contributed by atoms with Crippen LogP contribution in [0.3, 0.4) is 0 Å². The van der Waals surface area contributed by atoms with E-state index in [1.807, 2.05) is 0 Å². The van der Waals surface area contributed by atoms with Crippen LogP contribution in [0.5, 0.6) is 0 Å². The second kappa shape index (κ2) is 6.79. The van der Waals surface area contributed by atoms with Crippen molar-refractivity contribution in [1.82, 2.24) is 0 Å². The van der Waals surface area contributed by atoms with E-state index in [1.54, 1.807) is 0 Å². The smallest absolute Gasteiger partial charge is 0.339 e. The number of aliphatic hydroxyl groups is 1. The van der Waals surface area contributed by atoms with Gasteiger partial charge in [0.1, 0.15) is 0 Å². The van der Waals surface area contributed by atoms with E-state index in [1.165, 1.54) is 14.0 Å². The third-order valence-electron chi connectivity index (χ3n) is 2.37. The minimum atomic E-state index is -1.93. The summed E-state index contributed by atoms with van der Waals surface area (Å²) < 4.78 is 36.7. The second-order valence-electron chi connectivity index (χ2n) is 3.64. The van der Waals surface area contributed by atoms with Crippen LogP contribution in [-0.4, -0.2) is 24.8 Å². The SMILES string of the molecule is CCOC(=O)C(O)c1cc(Cl)c(COC)c(F)c1F. The Hall–Kier alpha value is -1.24. The van der Waals surface area contributed by atoms with Gasteiger partial charge in [-0.2, -0.15) is 0 Å². The molecule has 0 saturated heterocycles. The maximum Gasteiger partial charge on any atom is 0.339 e. The first kappa shape index (κ1) is 15.8. The van der Waals surface area contributed by atoms with Crippen LogP contribution in [0.15, 0.2) is 6.07 Å². The van der Waals surface area contributed by atoms with E-state index in [0.717, 1.165) is 6.07 Å². The van der Waals surface area contributed by atoms with Gasteiger partial charge in [-0.1, -0.05) is 11.6 Å². The summed E-state index contributed by atoms with van der Waals surface area (Å²) in [5, 5.41) is 9.46. The van der Waals surface area contributed by atoms with E-state index < -0.39 is 29.3 Å². The van der Waals surface area contributed by atoms with Crippen LogP contribution >= 0.6 is 11.6 Å². The standard InChI is InChI=1S/C12H13ClF2O4/c1-3-19-12(17)11(16)6-4-8(13)7(5-18-2)10(15)9(6)14/h4,11,16H,3,5H2,1-2H3. The molecule has 1 aromatic carbocycles. The average Bonchev–Trinajstić information content (AvgIpc) is 2.38. The number of ether oxygens (including phenoxy) is 2. The Morgan fingerprint density at radius 2 is 2.11 bits per heavy atom. The Labute approximate surface area is 113 Å². The first-order valence-electron chi connectivity index (χ1n) is 5.43. The minimum Gasteiger partial charge on any atom is -0.464 e. The van der Waals surface area contributed by atoms with Crippen LogP contribution in [0, 0.1) is 11.6 Å². The molecule has 1 atom stereocenters. The van der Waals surface area contributed by atoms with E-state index in [-0.39, 0.29) is 23.8 Å². The molecule has 1 aromatic rings. The molecular formula is C12H13ClF2O4. The summed E-state index contributed by atoms with van der Waals surface area (Å²) in [5.74, 6) is -3.68. The van der Waals surface area contributed by atoms with E-state index in [2.05, 4.69) is 9.47 Å². The number of carbonyl (C=O) groups excluding carboxylic acids is 1. The fourth-order valence-corrected chi connectivity index (χ4v) is 1.73. The maximum atomic E-state index is 13.8. The van der Waals surface area contributed by atoms with Gasteiger partial charge >= 0.3 is 5.97 Å². The van der Waals surface area contributed by atoms with Gasteiger partial charge in [-0.15, -0.1) is 0 Å². The van der Waals surface area contributed by atoms with E-state index >= 15 is 0 Å². The lowest BCUT2D eigenvalue weighted by atomic mass is 10.1. The summed E-state index contributed by atoms with van der Waals surface area (Å²) in [5.41, 5.74) is -0.748. The molecule has 0 saturated carbocycles. The Morgan fingerprint density at radius 1 is 1.47 bits per heavy atom. The zero-order valence-electron chi connectivity index (χ0n) is 10.4. The van der Waals surface area contributed by atoms with E-state index in [4.69, 9.17) is 11.6 Å². The number of carbonyl (C=O) groups is 1. The second-order valence-corrected chi connectivity index (χ2v) is 4.05. The van der Waals surface area contributed by atoms with Crippen molar-refractivity contribution in [1.29, 1.82) is 0 Å². The molecule has 106 valence electrons. The fourth-order valence-electron chi connectivity index (χ4n) is 1.47. The topological polar surface area (TPSA) is 55.8 Å². The van der Waals surface area contributed by atoms with Crippen molar-refractivity contribution in [2.45, 2.75) is 19.6 Å². The molecule has 0 aliphatic rings. The predicted octanol–water partition coefficient (Wildman–Crippen LogP) is 2.36. The molecule has 0 aromatic heterocycles. The van der Waals surface area contributed by atoms with Crippen molar-refractivity contribution >= 4 is 17.6 Å². The van der Waals surface area contributed by atoms with Crippen molar-refractivity contribution < 1.29 is 28.2 Å². The lowest BCUT2D eigenvalue weighted by Gasteiger charge is -2.14. The lowest BCUT2D eigenvalue weighted by Crippen LogP contribution is -2.18. The number of aliphatic hydroxyl groups excluding tert-OH is 1. The molecular weight excluding hydrogens is 282 g/mol. The number of methoxy groups -OCH3 is 1. The number of hydrogen-bond donors (Lipinski definition) is 1. The molecule has 0 spiro atoms. The number of esters is 1.